The summed E-state index contributed by atoms with van der Waals surface area (Å²) in [4.78, 5) is 27.4. The van der Waals surface area contributed by atoms with Crippen LogP contribution in [0.4, 0.5) is 5.69 Å². The van der Waals surface area contributed by atoms with E-state index in [0.29, 0.717) is 5.69 Å². The number of anilines is 1. The van der Waals surface area contributed by atoms with E-state index in [-0.39, 0.29) is 6.61 Å². The lowest BCUT2D eigenvalue weighted by Crippen LogP contribution is -2.43. The van der Waals surface area contributed by atoms with E-state index in [2.05, 4.69) is 10.3 Å². The third kappa shape index (κ3) is 3.87. The molecule has 1 amide bonds. The minimum absolute atomic E-state index is 0.183. The topological polar surface area (TPSA) is 94.3 Å². The Labute approximate surface area is 125 Å². The van der Waals surface area contributed by atoms with Crippen molar-refractivity contribution in [1.82, 2.24) is 4.98 Å². The van der Waals surface area contributed by atoms with Gasteiger partial charge in [-0.05, 0) is 31.2 Å². The molecule has 2 aromatic rings. The quantitative estimate of drug-likeness (QED) is 0.647. The molecule has 7 heteroatoms. The highest BCUT2D eigenvalue weighted by molar-refractivity contribution is 7.13. The van der Waals surface area contributed by atoms with Crippen molar-refractivity contribution in [3.05, 3.63) is 35.8 Å². The fraction of sp³-hybridized carbons (Fsp3) is 0.214. The van der Waals surface area contributed by atoms with Crippen molar-refractivity contribution in [3.63, 3.8) is 0 Å². The second-order valence-corrected chi connectivity index (χ2v) is 5.03. The third-order valence-corrected chi connectivity index (χ3v) is 3.48. The Balaban J connectivity index is 2.00. The van der Waals surface area contributed by atoms with Crippen LogP contribution in [-0.4, -0.2) is 29.5 Å². The van der Waals surface area contributed by atoms with Gasteiger partial charge in [-0.3, -0.25) is 4.79 Å². The summed E-state index contributed by atoms with van der Waals surface area (Å²) in [5.74, 6) is -1.34. The number of ether oxygens (including phenoxy) is 1. The number of esters is 1. The van der Waals surface area contributed by atoms with Gasteiger partial charge >= 0.3 is 5.97 Å². The molecule has 110 valence electrons. The van der Waals surface area contributed by atoms with Crippen LogP contribution in [0, 0.1) is 0 Å². The molecule has 0 saturated carbocycles. The maximum Gasteiger partial charge on any atom is 0.332 e. The van der Waals surface area contributed by atoms with Crippen LogP contribution in [0.15, 0.2) is 35.8 Å². The molecule has 1 unspecified atom stereocenters. The minimum Gasteiger partial charge on any atom is -0.464 e. The fourth-order valence-corrected chi connectivity index (χ4v) is 2.27. The minimum atomic E-state index is -1.33. The van der Waals surface area contributed by atoms with Gasteiger partial charge in [-0.2, -0.15) is 0 Å². The highest BCUT2D eigenvalue weighted by atomic mass is 32.1. The monoisotopic (exact) mass is 305 g/mol. The van der Waals surface area contributed by atoms with Crippen LogP contribution in [-0.2, 0) is 14.3 Å². The fourth-order valence-electron chi connectivity index (χ4n) is 1.62. The number of amides is 1. The zero-order valence-electron chi connectivity index (χ0n) is 11.4. The molecule has 2 rings (SSSR count). The number of carbonyl (C=O) groups is 2. The maximum absolute atomic E-state index is 11.8. The normalized spacial score (nSPS) is 11.7. The van der Waals surface area contributed by atoms with E-state index in [4.69, 9.17) is 10.5 Å². The SMILES string of the molecule is CCOC(=O)C(N)C(=O)Nc1ccc(-c2nccs2)cc1. The molecule has 6 nitrogen and oxygen atoms in total. The first-order valence-electron chi connectivity index (χ1n) is 6.35. The van der Waals surface area contributed by atoms with Crippen molar-refractivity contribution in [2.45, 2.75) is 13.0 Å². The van der Waals surface area contributed by atoms with E-state index >= 15 is 0 Å². The number of benzene rings is 1. The Morgan fingerprint density at radius 2 is 2.10 bits per heavy atom. The molecule has 21 heavy (non-hydrogen) atoms. The molecule has 0 bridgehead atoms. The Kier molecular flexibility index (Phi) is 5.02. The number of thiazole rings is 1. The Bertz CT molecular complexity index is 611. The Hall–Kier alpha value is -2.25. The van der Waals surface area contributed by atoms with Crippen LogP contribution in [0.2, 0.25) is 0 Å². The largest absolute Gasteiger partial charge is 0.464 e. The van der Waals surface area contributed by atoms with E-state index in [0.717, 1.165) is 10.6 Å². The predicted molar refractivity (Wildman–Crippen MR) is 80.8 cm³/mol. The summed E-state index contributed by atoms with van der Waals surface area (Å²) in [5.41, 5.74) is 7.02. The van der Waals surface area contributed by atoms with Crippen molar-refractivity contribution in [3.8, 4) is 10.6 Å². The van der Waals surface area contributed by atoms with E-state index in [9.17, 15) is 9.59 Å². The first-order valence-corrected chi connectivity index (χ1v) is 7.22. The van der Waals surface area contributed by atoms with Crippen LogP contribution in [0.25, 0.3) is 10.6 Å². The lowest BCUT2D eigenvalue weighted by Gasteiger charge is -2.11. The summed E-state index contributed by atoms with van der Waals surface area (Å²) in [5, 5.41) is 5.36. The van der Waals surface area contributed by atoms with Gasteiger partial charge in [0.1, 0.15) is 5.01 Å². The van der Waals surface area contributed by atoms with Crippen LogP contribution in [0.1, 0.15) is 6.92 Å². The number of aromatic nitrogens is 1. The van der Waals surface area contributed by atoms with Crippen molar-refractivity contribution < 1.29 is 14.3 Å². The number of nitrogens with one attached hydrogen (secondary N) is 1. The Morgan fingerprint density at radius 1 is 1.38 bits per heavy atom. The molecule has 0 fully saturated rings. The summed E-state index contributed by atoms with van der Waals surface area (Å²) in [7, 11) is 0. The number of carbonyl (C=O) groups excluding carboxylic acids is 2. The first-order chi connectivity index (χ1) is 10.1. The van der Waals surface area contributed by atoms with Crippen molar-refractivity contribution in [1.29, 1.82) is 0 Å². The summed E-state index contributed by atoms with van der Waals surface area (Å²) >= 11 is 1.53. The second kappa shape index (κ2) is 6.96. The summed E-state index contributed by atoms with van der Waals surface area (Å²) < 4.78 is 4.70. The first kappa shape index (κ1) is 15.1. The smallest absolute Gasteiger partial charge is 0.332 e. The van der Waals surface area contributed by atoms with E-state index < -0.39 is 17.9 Å². The molecule has 0 aliphatic carbocycles. The number of nitrogens with zero attached hydrogens (tertiary/aromatic N) is 1. The van der Waals surface area contributed by atoms with Gasteiger partial charge in [-0.1, -0.05) is 0 Å². The molecule has 1 heterocycles. The molecule has 1 aromatic carbocycles. The van der Waals surface area contributed by atoms with Crippen LogP contribution < -0.4 is 11.1 Å². The van der Waals surface area contributed by atoms with Crippen molar-refractivity contribution in [2.75, 3.05) is 11.9 Å². The number of hydrogen-bond acceptors (Lipinski definition) is 6. The Morgan fingerprint density at radius 3 is 2.67 bits per heavy atom. The predicted octanol–water partition coefficient (Wildman–Crippen LogP) is 1.64. The molecular weight excluding hydrogens is 290 g/mol. The van der Waals surface area contributed by atoms with Gasteiger partial charge in [0.25, 0.3) is 5.91 Å². The second-order valence-electron chi connectivity index (χ2n) is 4.13. The highest BCUT2D eigenvalue weighted by Gasteiger charge is 2.23. The standard InChI is InChI=1S/C14H15N3O3S/c1-2-20-14(19)11(15)12(18)17-10-5-3-9(4-6-10)13-16-7-8-21-13/h3-8,11H,2,15H2,1H3,(H,17,18). The molecular formula is C14H15N3O3S. The molecule has 1 aromatic heterocycles. The summed E-state index contributed by atoms with van der Waals surface area (Å²) in [6, 6.07) is 5.80. The molecule has 0 saturated heterocycles. The number of hydrogen-bond donors (Lipinski definition) is 2. The van der Waals surface area contributed by atoms with Gasteiger partial charge in [0.15, 0.2) is 6.04 Å². The average molecular weight is 305 g/mol. The highest BCUT2D eigenvalue weighted by Crippen LogP contribution is 2.23. The molecule has 0 radical (unpaired) electrons. The molecule has 3 N–H and O–H groups in total. The van der Waals surface area contributed by atoms with Crippen LogP contribution in [0.5, 0.6) is 0 Å². The van der Waals surface area contributed by atoms with Gasteiger partial charge < -0.3 is 15.8 Å². The average Bonchev–Trinajstić information content (AvgIpc) is 3.01. The van der Waals surface area contributed by atoms with E-state index in [1.165, 1.54) is 11.3 Å². The zero-order valence-corrected chi connectivity index (χ0v) is 12.2. The van der Waals surface area contributed by atoms with Gasteiger partial charge in [0, 0.05) is 22.8 Å². The van der Waals surface area contributed by atoms with E-state index in [1.54, 1.807) is 25.3 Å². The van der Waals surface area contributed by atoms with Crippen LogP contribution in [0.3, 0.4) is 0 Å². The van der Waals surface area contributed by atoms with Gasteiger partial charge in [0.05, 0.1) is 6.61 Å². The van der Waals surface area contributed by atoms with E-state index in [1.807, 2.05) is 17.5 Å². The van der Waals surface area contributed by atoms with Gasteiger partial charge in [-0.25, -0.2) is 9.78 Å². The van der Waals surface area contributed by atoms with Gasteiger partial charge in [0.2, 0.25) is 0 Å². The molecule has 0 spiro atoms. The van der Waals surface area contributed by atoms with Crippen molar-refractivity contribution >= 4 is 28.9 Å². The van der Waals surface area contributed by atoms with Crippen LogP contribution >= 0.6 is 11.3 Å². The van der Waals surface area contributed by atoms with Gasteiger partial charge in [-0.15, -0.1) is 11.3 Å². The zero-order chi connectivity index (χ0) is 15.2. The third-order valence-electron chi connectivity index (χ3n) is 2.65. The summed E-state index contributed by atoms with van der Waals surface area (Å²) in [6.07, 6.45) is 1.73. The number of rotatable bonds is 5. The molecule has 0 aliphatic rings. The lowest BCUT2D eigenvalue weighted by atomic mass is 10.2. The number of nitrogens with two attached hydrogens (primary N) is 1. The lowest BCUT2D eigenvalue weighted by molar-refractivity contribution is -0.146. The molecule has 0 aliphatic heterocycles. The molecule has 1 atom stereocenters. The maximum atomic E-state index is 11.8. The van der Waals surface area contributed by atoms with Crippen molar-refractivity contribution in [2.24, 2.45) is 5.73 Å². The summed E-state index contributed by atoms with van der Waals surface area (Å²) in [6.45, 7) is 1.84.